The molecule has 1 unspecified atom stereocenters. The van der Waals surface area contributed by atoms with Crippen LogP contribution in [-0.2, 0) is 11.3 Å². The summed E-state index contributed by atoms with van der Waals surface area (Å²) in [7, 11) is 0. The number of hydrogen-bond acceptors (Lipinski definition) is 4. The van der Waals surface area contributed by atoms with E-state index in [-0.39, 0.29) is 23.5 Å². The second kappa shape index (κ2) is 9.32. The summed E-state index contributed by atoms with van der Waals surface area (Å²) in [5.41, 5.74) is 0.392. The van der Waals surface area contributed by atoms with Crippen molar-refractivity contribution in [3.8, 4) is 0 Å². The molecule has 2 N–H and O–H groups in total. The third kappa shape index (κ3) is 5.65. The molecule has 0 bridgehead atoms. The first-order valence-electron chi connectivity index (χ1n) is 9.18. The largest absolute Gasteiger partial charge is 0.468 e. The van der Waals surface area contributed by atoms with E-state index in [9.17, 15) is 14.0 Å². The molecule has 1 aliphatic rings. The molecule has 1 aromatic heterocycles. The van der Waals surface area contributed by atoms with Gasteiger partial charge in [-0.15, -0.1) is 0 Å². The van der Waals surface area contributed by atoms with Crippen molar-refractivity contribution in [3.05, 3.63) is 59.8 Å². The van der Waals surface area contributed by atoms with E-state index in [4.69, 9.17) is 4.42 Å². The van der Waals surface area contributed by atoms with Gasteiger partial charge in [-0.2, -0.15) is 0 Å². The van der Waals surface area contributed by atoms with Crippen molar-refractivity contribution in [2.24, 2.45) is 5.92 Å². The lowest BCUT2D eigenvalue weighted by atomic mass is 9.97. The molecule has 0 radical (unpaired) electrons. The summed E-state index contributed by atoms with van der Waals surface area (Å²) >= 11 is 0. The molecule has 7 heteroatoms. The lowest BCUT2D eigenvalue weighted by Gasteiger charge is -2.31. The monoisotopic (exact) mass is 373 g/mol. The van der Waals surface area contributed by atoms with Gasteiger partial charge in [-0.3, -0.25) is 14.5 Å². The number of hydrogen-bond donors (Lipinski definition) is 2. The van der Waals surface area contributed by atoms with E-state index >= 15 is 0 Å². The molecule has 2 aromatic rings. The predicted octanol–water partition coefficient (Wildman–Crippen LogP) is 2.18. The summed E-state index contributed by atoms with van der Waals surface area (Å²) in [4.78, 5) is 26.5. The van der Waals surface area contributed by atoms with E-state index < -0.39 is 0 Å². The zero-order valence-corrected chi connectivity index (χ0v) is 15.1. The number of nitrogens with one attached hydrogen (secondary N) is 2. The predicted molar refractivity (Wildman–Crippen MR) is 98.5 cm³/mol. The SMILES string of the molecule is O=C(NCCNC(=O)C1CCCN(Cc2ccco2)C1)c1ccc(F)cc1. The fraction of sp³-hybridized carbons (Fsp3) is 0.400. The molecule has 2 heterocycles. The maximum atomic E-state index is 12.9. The fourth-order valence-corrected chi connectivity index (χ4v) is 3.25. The minimum atomic E-state index is -0.382. The number of likely N-dealkylation sites (tertiary alicyclic amines) is 1. The Balaban J connectivity index is 1.37. The maximum Gasteiger partial charge on any atom is 0.251 e. The van der Waals surface area contributed by atoms with Crippen LogP contribution >= 0.6 is 0 Å². The Bertz CT molecular complexity index is 746. The van der Waals surface area contributed by atoms with Crippen LogP contribution in [0.3, 0.4) is 0 Å². The molecule has 27 heavy (non-hydrogen) atoms. The maximum absolute atomic E-state index is 12.9. The minimum Gasteiger partial charge on any atom is -0.468 e. The molecule has 3 rings (SSSR count). The highest BCUT2D eigenvalue weighted by Gasteiger charge is 2.25. The van der Waals surface area contributed by atoms with Crippen LogP contribution in [0.25, 0.3) is 0 Å². The normalized spacial score (nSPS) is 17.4. The van der Waals surface area contributed by atoms with Crippen molar-refractivity contribution in [2.45, 2.75) is 19.4 Å². The second-order valence-corrected chi connectivity index (χ2v) is 6.71. The van der Waals surface area contributed by atoms with Crippen molar-refractivity contribution < 1.29 is 18.4 Å². The van der Waals surface area contributed by atoms with E-state index in [1.165, 1.54) is 24.3 Å². The van der Waals surface area contributed by atoms with Gasteiger partial charge in [-0.25, -0.2) is 4.39 Å². The molecule has 2 amide bonds. The van der Waals surface area contributed by atoms with Gasteiger partial charge < -0.3 is 15.1 Å². The molecule has 1 saturated heterocycles. The Labute approximate surface area is 157 Å². The Morgan fingerprint density at radius 1 is 1.15 bits per heavy atom. The van der Waals surface area contributed by atoms with Gasteiger partial charge in [0.15, 0.2) is 0 Å². The van der Waals surface area contributed by atoms with Gasteiger partial charge >= 0.3 is 0 Å². The molecule has 0 spiro atoms. The van der Waals surface area contributed by atoms with Crippen molar-refractivity contribution in [1.82, 2.24) is 15.5 Å². The number of carbonyl (C=O) groups excluding carboxylic acids is 2. The van der Waals surface area contributed by atoms with E-state index in [2.05, 4.69) is 15.5 Å². The summed E-state index contributed by atoms with van der Waals surface area (Å²) in [6, 6.07) is 9.15. The highest BCUT2D eigenvalue weighted by Crippen LogP contribution is 2.18. The molecule has 0 aliphatic carbocycles. The first kappa shape index (κ1) is 19.1. The lowest BCUT2D eigenvalue weighted by molar-refractivity contribution is -0.126. The third-order valence-electron chi connectivity index (χ3n) is 4.65. The number of benzene rings is 1. The number of amides is 2. The summed E-state index contributed by atoms with van der Waals surface area (Å²) in [6.07, 6.45) is 3.49. The Morgan fingerprint density at radius 3 is 2.67 bits per heavy atom. The van der Waals surface area contributed by atoms with Crippen molar-refractivity contribution >= 4 is 11.8 Å². The van der Waals surface area contributed by atoms with Crippen LogP contribution in [0.5, 0.6) is 0 Å². The van der Waals surface area contributed by atoms with Crippen molar-refractivity contribution in [3.63, 3.8) is 0 Å². The van der Waals surface area contributed by atoms with Crippen molar-refractivity contribution in [1.29, 1.82) is 0 Å². The number of nitrogens with zero attached hydrogens (tertiary/aromatic N) is 1. The molecule has 0 saturated carbocycles. The van der Waals surface area contributed by atoms with Crippen LogP contribution in [-0.4, -0.2) is 42.9 Å². The number of piperidine rings is 1. The zero-order chi connectivity index (χ0) is 19.1. The first-order chi connectivity index (χ1) is 13.1. The average molecular weight is 373 g/mol. The Morgan fingerprint density at radius 2 is 1.93 bits per heavy atom. The summed E-state index contributed by atoms with van der Waals surface area (Å²) in [5.74, 6) is 0.190. The van der Waals surface area contributed by atoms with Crippen LogP contribution < -0.4 is 10.6 Å². The van der Waals surface area contributed by atoms with Crippen LogP contribution in [0.1, 0.15) is 29.0 Å². The van der Waals surface area contributed by atoms with Crippen LogP contribution in [0, 0.1) is 11.7 Å². The molecule has 1 aromatic carbocycles. The van der Waals surface area contributed by atoms with Gasteiger partial charge in [-0.1, -0.05) is 0 Å². The highest BCUT2D eigenvalue weighted by atomic mass is 19.1. The molecular weight excluding hydrogens is 349 g/mol. The van der Waals surface area contributed by atoms with Gasteiger partial charge in [0.05, 0.1) is 18.7 Å². The molecule has 1 atom stereocenters. The molecule has 144 valence electrons. The standard InChI is InChI=1S/C20H24FN3O3/c21-17-7-5-15(6-8-17)19(25)22-9-10-23-20(26)16-3-1-11-24(13-16)14-18-4-2-12-27-18/h2,4-8,12,16H,1,3,9-11,13-14H2,(H,22,25)(H,23,26). The third-order valence-corrected chi connectivity index (χ3v) is 4.65. The number of furan rings is 1. The number of halogens is 1. The van der Waals surface area contributed by atoms with Crippen LogP contribution in [0.4, 0.5) is 4.39 Å². The van der Waals surface area contributed by atoms with Gasteiger partial charge in [-0.05, 0) is 55.8 Å². The van der Waals surface area contributed by atoms with Gasteiger partial charge in [0.25, 0.3) is 5.91 Å². The van der Waals surface area contributed by atoms with Gasteiger partial charge in [0, 0.05) is 25.2 Å². The number of rotatable bonds is 7. The van der Waals surface area contributed by atoms with E-state index in [1.54, 1.807) is 6.26 Å². The van der Waals surface area contributed by atoms with Crippen LogP contribution in [0.15, 0.2) is 47.1 Å². The van der Waals surface area contributed by atoms with E-state index in [1.807, 2.05) is 12.1 Å². The molecule has 1 aliphatic heterocycles. The fourth-order valence-electron chi connectivity index (χ4n) is 3.25. The average Bonchev–Trinajstić information content (AvgIpc) is 3.18. The smallest absolute Gasteiger partial charge is 0.251 e. The van der Waals surface area contributed by atoms with E-state index in [0.29, 0.717) is 31.7 Å². The topological polar surface area (TPSA) is 74.6 Å². The summed E-state index contributed by atoms with van der Waals surface area (Å²) in [5, 5.41) is 5.60. The quantitative estimate of drug-likeness (QED) is 0.730. The van der Waals surface area contributed by atoms with Gasteiger partial charge in [0.1, 0.15) is 11.6 Å². The Hall–Kier alpha value is -2.67. The van der Waals surface area contributed by atoms with Crippen LogP contribution in [0.2, 0.25) is 0 Å². The second-order valence-electron chi connectivity index (χ2n) is 6.71. The Kier molecular flexibility index (Phi) is 6.59. The molecule has 6 nitrogen and oxygen atoms in total. The zero-order valence-electron chi connectivity index (χ0n) is 15.1. The minimum absolute atomic E-state index is 0.00942. The van der Waals surface area contributed by atoms with Crippen molar-refractivity contribution in [2.75, 3.05) is 26.2 Å². The molecule has 1 fully saturated rings. The number of carbonyl (C=O) groups is 2. The summed E-state index contributed by atoms with van der Waals surface area (Å²) in [6.45, 7) is 3.06. The van der Waals surface area contributed by atoms with Gasteiger partial charge in [0.2, 0.25) is 5.91 Å². The molecular formula is C20H24FN3O3. The highest BCUT2D eigenvalue weighted by molar-refractivity contribution is 5.94. The lowest BCUT2D eigenvalue weighted by Crippen LogP contribution is -2.44. The first-order valence-corrected chi connectivity index (χ1v) is 9.18. The van der Waals surface area contributed by atoms with E-state index in [0.717, 1.165) is 25.1 Å². The summed E-state index contributed by atoms with van der Waals surface area (Å²) < 4.78 is 18.2.